The Kier molecular flexibility index (Phi) is 2.85. The highest BCUT2D eigenvalue weighted by molar-refractivity contribution is 5.79. The van der Waals surface area contributed by atoms with Gasteiger partial charge in [-0.05, 0) is 50.3 Å². The minimum absolute atomic E-state index is 0.0955. The van der Waals surface area contributed by atoms with Gasteiger partial charge in [-0.2, -0.15) is 0 Å². The third kappa shape index (κ3) is 1.78. The van der Waals surface area contributed by atoms with Crippen molar-refractivity contribution in [2.45, 2.75) is 39.7 Å². The van der Waals surface area contributed by atoms with Crippen molar-refractivity contribution in [3.63, 3.8) is 0 Å². The van der Waals surface area contributed by atoms with Crippen molar-refractivity contribution in [3.05, 3.63) is 34.4 Å². The van der Waals surface area contributed by atoms with Crippen molar-refractivity contribution in [2.75, 3.05) is 0 Å². The first-order chi connectivity index (χ1) is 7.50. The van der Waals surface area contributed by atoms with E-state index >= 15 is 0 Å². The molecule has 0 saturated carbocycles. The predicted octanol–water partition coefficient (Wildman–Crippen LogP) is 2.49. The molecule has 2 rings (SSSR count). The van der Waals surface area contributed by atoms with E-state index in [9.17, 15) is 9.90 Å². The lowest BCUT2D eigenvalue weighted by atomic mass is 9.77. The molecule has 0 radical (unpaired) electrons. The molecule has 0 spiro atoms. The molecule has 0 aliphatic heterocycles. The van der Waals surface area contributed by atoms with Crippen LogP contribution in [0.5, 0.6) is 0 Å². The molecule has 0 bridgehead atoms. The Hall–Kier alpha value is -1.15. The second-order valence-corrected chi connectivity index (χ2v) is 4.86. The standard InChI is InChI=1S/C14H18O2/c1-8-6-9(2)13-11(7-8)4-5-12(10(3)15)14(13)16/h6-7,12,14,16H,4-5H2,1-3H3/t12-,14+/m0/s1. The molecule has 0 amide bonds. The third-order valence-electron chi connectivity index (χ3n) is 3.54. The molecule has 0 fully saturated rings. The minimum Gasteiger partial charge on any atom is -0.388 e. The number of aryl methyl sites for hydroxylation is 3. The molecular weight excluding hydrogens is 200 g/mol. The average Bonchev–Trinajstić information content (AvgIpc) is 2.15. The fraction of sp³-hybridized carbons (Fsp3) is 0.500. The van der Waals surface area contributed by atoms with Crippen LogP contribution in [0.3, 0.4) is 0 Å². The maximum Gasteiger partial charge on any atom is 0.135 e. The summed E-state index contributed by atoms with van der Waals surface area (Å²) in [4.78, 5) is 11.4. The lowest BCUT2D eigenvalue weighted by Crippen LogP contribution is -2.26. The molecule has 86 valence electrons. The third-order valence-corrected chi connectivity index (χ3v) is 3.54. The van der Waals surface area contributed by atoms with Crippen molar-refractivity contribution in [3.8, 4) is 0 Å². The van der Waals surface area contributed by atoms with E-state index in [-0.39, 0.29) is 11.7 Å². The normalized spacial score (nSPS) is 24.0. The quantitative estimate of drug-likeness (QED) is 0.786. The van der Waals surface area contributed by atoms with Gasteiger partial charge in [0.15, 0.2) is 0 Å². The van der Waals surface area contributed by atoms with Crippen LogP contribution in [0.2, 0.25) is 0 Å². The number of aliphatic hydroxyl groups excluding tert-OH is 1. The Bertz CT molecular complexity index is 435. The van der Waals surface area contributed by atoms with Crippen molar-refractivity contribution in [2.24, 2.45) is 5.92 Å². The van der Waals surface area contributed by atoms with Crippen molar-refractivity contribution in [1.29, 1.82) is 0 Å². The highest BCUT2D eigenvalue weighted by Crippen LogP contribution is 2.37. The second-order valence-electron chi connectivity index (χ2n) is 4.86. The molecule has 1 aromatic carbocycles. The summed E-state index contributed by atoms with van der Waals surface area (Å²) in [6.45, 7) is 5.65. The number of benzene rings is 1. The zero-order chi connectivity index (χ0) is 11.9. The van der Waals surface area contributed by atoms with Crippen molar-refractivity contribution in [1.82, 2.24) is 0 Å². The Morgan fingerprint density at radius 1 is 1.38 bits per heavy atom. The highest BCUT2D eigenvalue weighted by Gasteiger charge is 2.31. The minimum atomic E-state index is -0.609. The Balaban J connectivity index is 2.48. The summed E-state index contributed by atoms with van der Waals surface area (Å²) < 4.78 is 0. The largest absolute Gasteiger partial charge is 0.388 e. The molecule has 1 aliphatic carbocycles. The first-order valence-electron chi connectivity index (χ1n) is 5.79. The van der Waals surface area contributed by atoms with Gasteiger partial charge >= 0.3 is 0 Å². The SMILES string of the molecule is CC(=O)[C@@H]1CCc2cc(C)cc(C)c2[C@@H]1O. The number of ketones is 1. The predicted molar refractivity (Wildman–Crippen MR) is 63.4 cm³/mol. The number of carbonyl (C=O) groups excluding carboxylic acids is 1. The molecule has 0 unspecified atom stereocenters. The smallest absolute Gasteiger partial charge is 0.135 e. The van der Waals surface area contributed by atoms with Crippen molar-refractivity contribution < 1.29 is 9.90 Å². The molecule has 0 heterocycles. The number of hydrogen-bond acceptors (Lipinski definition) is 2. The van der Waals surface area contributed by atoms with E-state index in [1.807, 2.05) is 6.92 Å². The summed E-state index contributed by atoms with van der Waals surface area (Å²) in [5.74, 6) is -0.118. The summed E-state index contributed by atoms with van der Waals surface area (Å²) >= 11 is 0. The van der Waals surface area contributed by atoms with Gasteiger partial charge in [0.05, 0.1) is 6.10 Å². The number of hydrogen-bond donors (Lipinski definition) is 1. The van der Waals surface area contributed by atoms with E-state index in [2.05, 4.69) is 19.1 Å². The van der Waals surface area contributed by atoms with Crippen LogP contribution in [0.4, 0.5) is 0 Å². The molecule has 1 aromatic rings. The summed E-state index contributed by atoms with van der Waals surface area (Å²) in [5.41, 5.74) is 4.53. The molecule has 1 aliphatic rings. The lowest BCUT2D eigenvalue weighted by molar-refractivity contribution is -0.125. The monoisotopic (exact) mass is 218 g/mol. The highest BCUT2D eigenvalue weighted by atomic mass is 16.3. The Morgan fingerprint density at radius 2 is 2.06 bits per heavy atom. The van der Waals surface area contributed by atoms with Gasteiger partial charge in [0.25, 0.3) is 0 Å². The van der Waals surface area contributed by atoms with Crippen LogP contribution in [0.25, 0.3) is 0 Å². The van der Waals surface area contributed by atoms with E-state index in [1.54, 1.807) is 6.92 Å². The molecule has 2 nitrogen and oxygen atoms in total. The Morgan fingerprint density at radius 3 is 2.69 bits per heavy atom. The van der Waals surface area contributed by atoms with E-state index in [1.165, 1.54) is 11.1 Å². The van der Waals surface area contributed by atoms with Gasteiger partial charge in [-0.1, -0.05) is 17.7 Å². The summed E-state index contributed by atoms with van der Waals surface area (Å²) in [5, 5.41) is 10.2. The van der Waals surface area contributed by atoms with Crippen LogP contribution in [0.15, 0.2) is 12.1 Å². The van der Waals surface area contributed by atoms with E-state index in [0.717, 1.165) is 24.0 Å². The first kappa shape index (κ1) is 11.3. The molecule has 0 saturated heterocycles. The van der Waals surface area contributed by atoms with E-state index < -0.39 is 6.10 Å². The zero-order valence-electron chi connectivity index (χ0n) is 10.1. The topological polar surface area (TPSA) is 37.3 Å². The van der Waals surface area contributed by atoms with Crippen LogP contribution in [-0.4, -0.2) is 10.9 Å². The number of Topliss-reactive ketones (excluding diaryl/α,β-unsaturated/α-hetero) is 1. The number of aliphatic hydroxyl groups is 1. The zero-order valence-corrected chi connectivity index (χ0v) is 10.1. The van der Waals surface area contributed by atoms with Crippen LogP contribution in [0.1, 0.15) is 41.7 Å². The van der Waals surface area contributed by atoms with Crippen LogP contribution in [-0.2, 0) is 11.2 Å². The fourth-order valence-electron chi connectivity index (χ4n) is 2.79. The van der Waals surface area contributed by atoms with Crippen LogP contribution in [0, 0.1) is 19.8 Å². The maximum absolute atomic E-state index is 11.4. The van der Waals surface area contributed by atoms with Crippen molar-refractivity contribution >= 4 is 5.78 Å². The van der Waals surface area contributed by atoms with Gasteiger partial charge in [-0.3, -0.25) is 4.79 Å². The number of fused-ring (bicyclic) bond motifs is 1. The van der Waals surface area contributed by atoms with Crippen LogP contribution >= 0.6 is 0 Å². The lowest BCUT2D eigenvalue weighted by Gasteiger charge is -2.30. The summed E-state index contributed by atoms with van der Waals surface area (Å²) in [6.07, 6.45) is 1.06. The van der Waals surface area contributed by atoms with E-state index in [4.69, 9.17) is 0 Å². The summed E-state index contributed by atoms with van der Waals surface area (Å²) in [7, 11) is 0. The van der Waals surface area contributed by atoms with E-state index in [0.29, 0.717) is 0 Å². The second kappa shape index (κ2) is 4.02. The number of carbonyl (C=O) groups is 1. The molecule has 0 aromatic heterocycles. The summed E-state index contributed by atoms with van der Waals surface area (Å²) in [6, 6.07) is 4.20. The molecular formula is C14H18O2. The van der Waals surface area contributed by atoms with Gasteiger partial charge in [0.1, 0.15) is 5.78 Å². The van der Waals surface area contributed by atoms with Gasteiger partial charge < -0.3 is 5.11 Å². The number of rotatable bonds is 1. The maximum atomic E-state index is 11.4. The fourth-order valence-corrected chi connectivity index (χ4v) is 2.79. The van der Waals surface area contributed by atoms with Gasteiger partial charge in [-0.15, -0.1) is 0 Å². The molecule has 2 atom stereocenters. The van der Waals surface area contributed by atoms with Gasteiger partial charge in [-0.25, -0.2) is 0 Å². The molecule has 1 N–H and O–H groups in total. The molecule has 2 heteroatoms. The first-order valence-corrected chi connectivity index (χ1v) is 5.79. The van der Waals surface area contributed by atoms with Gasteiger partial charge in [0.2, 0.25) is 0 Å². The molecule has 16 heavy (non-hydrogen) atoms. The van der Waals surface area contributed by atoms with Gasteiger partial charge in [0, 0.05) is 5.92 Å². The van der Waals surface area contributed by atoms with Crippen LogP contribution < -0.4 is 0 Å². The Labute approximate surface area is 96.3 Å². The average molecular weight is 218 g/mol.